The summed E-state index contributed by atoms with van der Waals surface area (Å²) in [5.74, 6) is -0.309. The van der Waals surface area contributed by atoms with Crippen molar-refractivity contribution in [3.63, 3.8) is 0 Å². The Kier molecular flexibility index (Phi) is 8.72. The second-order valence-corrected chi connectivity index (χ2v) is 9.49. The minimum Gasteiger partial charge on any atom is -0.466 e. The Morgan fingerprint density at radius 1 is 0.865 bits per heavy atom. The number of amides is 2. The number of rotatable bonds is 8. The number of ether oxygens (including phenoxy) is 1. The van der Waals surface area contributed by atoms with Crippen molar-refractivity contribution in [2.45, 2.75) is 39.7 Å². The SMILES string of the molecule is CCOC(=O)C1CCN(C(=O)Cc2ccc(N(Cc3ccc(C)cc3)C(=O)c3ccccc3)cc2)CC1. The van der Waals surface area contributed by atoms with Crippen molar-refractivity contribution in [3.05, 3.63) is 101 Å². The van der Waals surface area contributed by atoms with E-state index in [9.17, 15) is 14.4 Å². The molecule has 0 aliphatic carbocycles. The van der Waals surface area contributed by atoms with Gasteiger partial charge >= 0.3 is 5.97 Å². The third-order valence-electron chi connectivity index (χ3n) is 6.80. The van der Waals surface area contributed by atoms with Gasteiger partial charge in [-0.1, -0.05) is 60.2 Å². The highest BCUT2D eigenvalue weighted by Gasteiger charge is 2.28. The Bertz CT molecular complexity index is 1200. The van der Waals surface area contributed by atoms with Crippen LogP contribution in [0.25, 0.3) is 0 Å². The number of esters is 1. The molecule has 1 saturated heterocycles. The smallest absolute Gasteiger partial charge is 0.309 e. The lowest BCUT2D eigenvalue weighted by Crippen LogP contribution is -2.41. The summed E-state index contributed by atoms with van der Waals surface area (Å²) in [6, 6.07) is 25.1. The van der Waals surface area contributed by atoms with Gasteiger partial charge in [0.1, 0.15) is 0 Å². The maximum atomic E-state index is 13.4. The first-order valence-corrected chi connectivity index (χ1v) is 12.9. The highest BCUT2D eigenvalue weighted by atomic mass is 16.5. The maximum Gasteiger partial charge on any atom is 0.309 e. The standard InChI is InChI=1S/C31H34N2O4/c1-3-37-31(36)27-17-19-32(20-18-27)29(34)21-24-13-15-28(16-14-24)33(22-25-11-9-23(2)10-12-25)30(35)26-7-5-4-6-8-26/h4-16,27H,3,17-22H2,1-2H3. The number of hydrogen-bond acceptors (Lipinski definition) is 4. The largest absolute Gasteiger partial charge is 0.466 e. The fraction of sp³-hybridized carbons (Fsp3) is 0.323. The Hall–Kier alpha value is -3.93. The molecule has 1 aliphatic rings. The third-order valence-corrected chi connectivity index (χ3v) is 6.80. The number of carbonyl (C=O) groups is 3. The predicted molar refractivity (Wildman–Crippen MR) is 144 cm³/mol. The van der Waals surface area contributed by atoms with Gasteiger partial charge in [0.2, 0.25) is 5.91 Å². The molecule has 0 atom stereocenters. The fourth-order valence-electron chi connectivity index (χ4n) is 4.60. The molecule has 3 aromatic rings. The maximum absolute atomic E-state index is 13.4. The van der Waals surface area contributed by atoms with E-state index in [0.29, 0.717) is 44.6 Å². The van der Waals surface area contributed by atoms with Crippen molar-refractivity contribution in [3.8, 4) is 0 Å². The minimum atomic E-state index is -0.162. The van der Waals surface area contributed by atoms with Crippen LogP contribution in [0.2, 0.25) is 0 Å². The number of carbonyl (C=O) groups excluding carboxylic acids is 3. The van der Waals surface area contributed by atoms with Gasteiger partial charge in [-0.2, -0.15) is 0 Å². The summed E-state index contributed by atoms with van der Waals surface area (Å²) in [6.07, 6.45) is 1.56. The summed E-state index contributed by atoms with van der Waals surface area (Å²) < 4.78 is 5.12. The summed E-state index contributed by atoms with van der Waals surface area (Å²) in [4.78, 5) is 41.9. The van der Waals surface area contributed by atoms with E-state index in [0.717, 1.165) is 16.8 Å². The van der Waals surface area contributed by atoms with Crippen molar-refractivity contribution in [1.29, 1.82) is 0 Å². The van der Waals surface area contributed by atoms with Crippen LogP contribution < -0.4 is 4.90 Å². The van der Waals surface area contributed by atoms with Crippen molar-refractivity contribution >= 4 is 23.5 Å². The van der Waals surface area contributed by atoms with Gasteiger partial charge in [-0.05, 0) is 62.1 Å². The second-order valence-electron chi connectivity index (χ2n) is 9.49. The lowest BCUT2D eigenvalue weighted by Gasteiger charge is -2.31. The van der Waals surface area contributed by atoms with Crippen LogP contribution in [0.5, 0.6) is 0 Å². The zero-order valence-corrected chi connectivity index (χ0v) is 21.6. The second kappa shape index (κ2) is 12.3. The Balaban J connectivity index is 1.44. The van der Waals surface area contributed by atoms with Crippen LogP contribution >= 0.6 is 0 Å². The topological polar surface area (TPSA) is 66.9 Å². The molecule has 37 heavy (non-hydrogen) atoms. The quantitative estimate of drug-likeness (QED) is 0.401. The zero-order valence-electron chi connectivity index (χ0n) is 21.6. The molecule has 0 N–H and O–H groups in total. The molecule has 0 radical (unpaired) electrons. The molecule has 0 unspecified atom stereocenters. The Labute approximate surface area is 218 Å². The van der Waals surface area contributed by atoms with Crippen LogP contribution in [0.4, 0.5) is 5.69 Å². The number of likely N-dealkylation sites (tertiary alicyclic amines) is 1. The average molecular weight is 499 g/mol. The van der Waals surface area contributed by atoms with E-state index < -0.39 is 0 Å². The van der Waals surface area contributed by atoms with Gasteiger partial charge in [-0.25, -0.2) is 0 Å². The van der Waals surface area contributed by atoms with E-state index in [-0.39, 0.29) is 30.1 Å². The minimum absolute atomic E-state index is 0.0481. The molecule has 3 aromatic carbocycles. The molecule has 0 aromatic heterocycles. The van der Waals surface area contributed by atoms with Gasteiger partial charge < -0.3 is 14.5 Å². The summed E-state index contributed by atoms with van der Waals surface area (Å²) >= 11 is 0. The first-order chi connectivity index (χ1) is 17.9. The molecular weight excluding hydrogens is 464 g/mol. The lowest BCUT2D eigenvalue weighted by molar-refractivity contribution is -0.151. The molecule has 6 nitrogen and oxygen atoms in total. The number of nitrogens with zero attached hydrogens (tertiary/aromatic N) is 2. The number of aryl methyl sites for hydroxylation is 1. The highest BCUT2D eigenvalue weighted by molar-refractivity contribution is 6.06. The Morgan fingerprint density at radius 3 is 2.11 bits per heavy atom. The number of anilines is 1. The van der Waals surface area contributed by atoms with Crippen LogP contribution in [0.3, 0.4) is 0 Å². The van der Waals surface area contributed by atoms with Gasteiger partial charge in [-0.15, -0.1) is 0 Å². The van der Waals surface area contributed by atoms with Crippen molar-refractivity contribution in [1.82, 2.24) is 4.90 Å². The summed E-state index contributed by atoms with van der Waals surface area (Å²) in [7, 11) is 0. The van der Waals surface area contributed by atoms with E-state index in [1.165, 1.54) is 5.56 Å². The molecule has 1 fully saturated rings. The van der Waals surface area contributed by atoms with E-state index >= 15 is 0 Å². The van der Waals surface area contributed by atoms with Crippen LogP contribution in [0.15, 0.2) is 78.9 Å². The van der Waals surface area contributed by atoms with Gasteiger partial charge in [-0.3, -0.25) is 14.4 Å². The van der Waals surface area contributed by atoms with Crippen LogP contribution in [-0.2, 0) is 27.3 Å². The Morgan fingerprint density at radius 2 is 1.49 bits per heavy atom. The third kappa shape index (κ3) is 6.85. The molecule has 1 heterocycles. The number of hydrogen-bond donors (Lipinski definition) is 0. The van der Waals surface area contributed by atoms with E-state index in [1.54, 1.807) is 11.8 Å². The molecule has 1 aliphatic heterocycles. The van der Waals surface area contributed by atoms with E-state index in [1.807, 2.05) is 90.7 Å². The van der Waals surface area contributed by atoms with Gasteiger partial charge in [0, 0.05) is 24.3 Å². The van der Waals surface area contributed by atoms with Gasteiger partial charge in [0.25, 0.3) is 5.91 Å². The first kappa shape index (κ1) is 26.1. The van der Waals surface area contributed by atoms with Crippen LogP contribution in [-0.4, -0.2) is 42.4 Å². The predicted octanol–water partition coefficient (Wildman–Crippen LogP) is 5.19. The van der Waals surface area contributed by atoms with Crippen molar-refractivity contribution in [2.24, 2.45) is 5.92 Å². The summed E-state index contributed by atoms with van der Waals surface area (Å²) in [5, 5.41) is 0. The van der Waals surface area contributed by atoms with Gasteiger partial charge in [0.15, 0.2) is 0 Å². The summed E-state index contributed by atoms with van der Waals surface area (Å²) in [5.41, 5.74) is 4.51. The zero-order chi connectivity index (χ0) is 26.2. The molecule has 2 amide bonds. The molecule has 192 valence electrons. The van der Waals surface area contributed by atoms with Crippen LogP contribution in [0, 0.1) is 12.8 Å². The lowest BCUT2D eigenvalue weighted by atomic mass is 9.96. The van der Waals surface area contributed by atoms with E-state index in [2.05, 4.69) is 0 Å². The molecule has 0 spiro atoms. The number of piperidine rings is 1. The van der Waals surface area contributed by atoms with Gasteiger partial charge in [0.05, 0.1) is 25.5 Å². The molecular formula is C31H34N2O4. The van der Waals surface area contributed by atoms with Crippen molar-refractivity contribution < 1.29 is 19.1 Å². The fourth-order valence-corrected chi connectivity index (χ4v) is 4.60. The average Bonchev–Trinajstić information content (AvgIpc) is 2.93. The monoisotopic (exact) mass is 498 g/mol. The molecule has 4 rings (SSSR count). The first-order valence-electron chi connectivity index (χ1n) is 12.9. The van der Waals surface area contributed by atoms with Crippen LogP contribution in [0.1, 0.15) is 46.8 Å². The molecule has 6 heteroatoms. The highest BCUT2D eigenvalue weighted by Crippen LogP contribution is 2.23. The summed E-state index contributed by atoms with van der Waals surface area (Å²) in [6.45, 7) is 5.81. The normalized spacial score (nSPS) is 13.7. The van der Waals surface area contributed by atoms with E-state index in [4.69, 9.17) is 4.74 Å². The molecule has 0 saturated carbocycles. The number of benzene rings is 3. The van der Waals surface area contributed by atoms with Crippen molar-refractivity contribution in [2.75, 3.05) is 24.6 Å². The molecule has 0 bridgehead atoms.